The zero-order valence-electron chi connectivity index (χ0n) is 26.5. The Morgan fingerprint density at radius 1 is 1.04 bits per heavy atom. The Hall–Kier alpha value is -4.00. The van der Waals surface area contributed by atoms with Crippen molar-refractivity contribution in [2.45, 2.75) is 82.7 Å². The first-order chi connectivity index (χ1) is 21.6. The molecule has 0 spiro atoms. The number of nitrogens with zero attached hydrogens (tertiary/aromatic N) is 3. The first-order valence-electron chi connectivity index (χ1n) is 15.6. The van der Waals surface area contributed by atoms with Crippen LogP contribution >= 0.6 is 0 Å². The van der Waals surface area contributed by atoms with E-state index in [1.54, 1.807) is 44.3 Å². The van der Waals surface area contributed by atoms with Crippen molar-refractivity contribution in [3.63, 3.8) is 0 Å². The van der Waals surface area contributed by atoms with Gasteiger partial charge in [-0.3, -0.25) is 5.10 Å². The molecular weight excluding hydrogens is 588 g/mol. The maximum absolute atomic E-state index is 13.0. The van der Waals surface area contributed by atoms with E-state index >= 15 is 0 Å². The minimum atomic E-state index is -3.51. The van der Waals surface area contributed by atoms with Gasteiger partial charge in [0.15, 0.2) is 9.84 Å². The van der Waals surface area contributed by atoms with Crippen LogP contribution in [0.25, 0.3) is 11.3 Å². The lowest BCUT2D eigenvalue weighted by Gasteiger charge is -2.23. The van der Waals surface area contributed by atoms with Gasteiger partial charge in [-0.05, 0) is 90.4 Å². The fraction of sp³-hybridized carbons (Fsp3) is 0.424. The van der Waals surface area contributed by atoms with Crippen molar-refractivity contribution >= 4 is 33.0 Å². The number of para-hydroxylation sites is 1. The number of aromatic nitrogens is 4. The summed E-state index contributed by atoms with van der Waals surface area (Å²) in [4.78, 5) is 9.51. The fourth-order valence-electron chi connectivity index (χ4n) is 5.81. The van der Waals surface area contributed by atoms with Gasteiger partial charge in [-0.1, -0.05) is 12.1 Å². The number of hydrogen-bond donors (Lipinski definition) is 5. The monoisotopic (exact) mass is 630 g/mol. The predicted molar refractivity (Wildman–Crippen MR) is 177 cm³/mol. The topological polar surface area (TPSA) is 146 Å². The van der Waals surface area contributed by atoms with Crippen LogP contribution in [0.15, 0.2) is 47.5 Å². The van der Waals surface area contributed by atoms with Crippen molar-refractivity contribution < 1.29 is 13.2 Å². The van der Waals surface area contributed by atoms with Crippen molar-refractivity contribution in [3.8, 4) is 17.0 Å². The van der Waals surface area contributed by atoms with E-state index in [-0.39, 0.29) is 11.0 Å². The normalized spacial score (nSPS) is 14.9. The molecular formula is C33H42N8O3S. The first kappa shape index (κ1) is 31.0. The van der Waals surface area contributed by atoms with E-state index < -0.39 is 15.1 Å². The number of sulfone groups is 1. The van der Waals surface area contributed by atoms with Crippen molar-refractivity contribution in [3.05, 3.63) is 65.0 Å². The highest BCUT2D eigenvalue weighted by molar-refractivity contribution is 7.92. The molecule has 0 radical (unpaired) electrons. The van der Waals surface area contributed by atoms with E-state index in [0.29, 0.717) is 29.2 Å². The molecule has 0 saturated carbocycles. The number of rotatable bonds is 11. The van der Waals surface area contributed by atoms with Crippen LogP contribution in [0, 0.1) is 6.92 Å². The Kier molecular flexibility index (Phi) is 8.80. The summed E-state index contributed by atoms with van der Waals surface area (Å²) < 4.78 is 32.3. The van der Waals surface area contributed by atoms with Gasteiger partial charge in [0.05, 0.1) is 39.0 Å². The Bertz CT molecular complexity index is 1800. The van der Waals surface area contributed by atoms with Crippen LogP contribution in [0.2, 0.25) is 0 Å². The van der Waals surface area contributed by atoms with Crippen LogP contribution in [0.4, 0.5) is 23.1 Å². The van der Waals surface area contributed by atoms with Crippen LogP contribution in [0.5, 0.6) is 5.75 Å². The van der Waals surface area contributed by atoms with Gasteiger partial charge < -0.3 is 26.0 Å². The minimum absolute atomic E-state index is 0.0389. The molecule has 12 heteroatoms. The molecule has 3 heterocycles. The van der Waals surface area contributed by atoms with Gasteiger partial charge in [0, 0.05) is 41.9 Å². The van der Waals surface area contributed by atoms with E-state index in [9.17, 15) is 8.42 Å². The summed E-state index contributed by atoms with van der Waals surface area (Å²) in [6.45, 7) is 12.1. The number of aromatic amines is 1. The maximum atomic E-state index is 13.0. The standard InChI is InChI=1S/C33H42N8O3S/c1-19(2)44-29-15-22-14-25-28(18-35-23-10-12-34-13-11-23)40-41-31(25)24(22)16-27(29)38-33-36-17-21(5)32(39-33)37-26-8-6-7-9-30(26)45(42,43)20(3)4/h6-9,15-17,19-20,23,34-35H,10-14,18H2,1-5H3,(H,40,41)(H2,36,37,38,39). The average molecular weight is 631 g/mol. The first-order valence-corrected chi connectivity index (χ1v) is 17.2. The van der Waals surface area contributed by atoms with Crippen molar-refractivity contribution in [2.75, 3.05) is 23.7 Å². The Balaban J connectivity index is 1.28. The molecule has 2 aliphatic rings. The van der Waals surface area contributed by atoms with Gasteiger partial charge in [0.1, 0.15) is 11.6 Å². The van der Waals surface area contributed by atoms with Crippen molar-refractivity contribution in [1.29, 1.82) is 0 Å². The summed E-state index contributed by atoms with van der Waals surface area (Å²) >= 11 is 0. The Morgan fingerprint density at radius 2 is 1.82 bits per heavy atom. The molecule has 1 aliphatic carbocycles. The maximum Gasteiger partial charge on any atom is 0.229 e. The van der Waals surface area contributed by atoms with Gasteiger partial charge in [-0.25, -0.2) is 13.4 Å². The summed E-state index contributed by atoms with van der Waals surface area (Å²) in [5.74, 6) is 1.57. The number of nitrogens with one attached hydrogen (secondary N) is 5. The number of benzene rings is 2. The molecule has 2 aromatic carbocycles. The predicted octanol–water partition coefficient (Wildman–Crippen LogP) is 5.38. The SMILES string of the molecule is Cc1cnc(Nc2cc3c(cc2OC(C)C)Cc2c-3n[nH]c2CNC2CCNCC2)nc1Nc1ccccc1S(=O)(=O)C(C)C. The van der Waals surface area contributed by atoms with Gasteiger partial charge in [-0.2, -0.15) is 10.1 Å². The van der Waals surface area contributed by atoms with Crippen LogP contribution in [-0.2, 0) is 22.8 Å². The molecule has 4 aromatic rings. The number of ether oxygens (including phenoxy) is 1. The van der Waals surface area contributed by atoms with Crippen LogP contribution < -0.4 is 26.0 Å². The van der Waals surface area contributed by atoms with Crippen molar-refractivity contribution in [1.82, 2.24) is 30.8 Å². The quantitative estimate of drug-likeness (QED) is 0.129. The number of hydrogen-bond acceptors (Lipinski definition) is 10. The third-order valence-electron chi connectivity index (χ3n) is 8.34. The molecule has 45 heavy (non-hydrogen) atoms. The molecule has 1 fully saturated rings. The van der Waals surface area contributed by atoms with Gasteiger partial charge in [-0.15, -0.1) is 0 Å². The molecule has 238 valence electrons. The van der Waals surface area contributed by atoms with E-state index in [1.165, 1.54) is 11.1 Å². The largest absolute Gasteiger partial charge is 0.489 e. The number of aryl methyl sites for hydroxylation is 1. The number of piperidine rings is 1. The smallest absolute Gasteiger partial charge is 0.229 e. The molecule has 6 rings (SSSR count). The van der Waals surface area contributed by atoms with E-state index in [2.05, 4.69) is 43.5 Å². The molecule has 0 unspecified atom stereocenters. The Labute approximate surface area is 264 Å². The highest BCUT2D eigenvalue weighted by Gasteiger charge is 2.28. The van der Waals surface area contributed by atoms with Gasteiger partial charge >= 0.3 is 0 Å². The number of anilines is 4. The molecule has 0 atom stereocenters. The van der Waals surface area contributed by atoms with Gasteiger partial charge in [0.2, 0.25) is 5.95 Å². The second-order valence-corrected chi connectivity index (χ2v) is 14.8. The van der Waals surface area contributed by atoms with Crippen molar-refractivity contribution in [2.24, 2.45) is 0 Å². The molecule has 11 nitrogen and oxygen atoms in total. The number of fused-ring (bicyclic) bond motifs is 3. The molecule has 2 aromatic heterocycles. The average Bonchev–Trinajstić information content (AvgIpc) is 3.57. The lowest BCUT2D eigenvalue weighted by Crippen LogP contribution is -2.39. The van der Waals surface area contributed by atoms with Crippen LogP contribution in [-0.4, -0.2) is 59.1 Å². The van der Waals surface area contributed by atoms with Gasteiger partial charge in [0.25, 0.3) is 0 Å². The molecule has 0 amide bonds. The molecule has 0 bridgehead atoms. The fourth-order valence-corrected chi connectivity index (χ4v) is 7.01. The minimum Gasteiger partial charge on any atom is -0.489 e. The zero-order valence-corrected chi connectivity index (χ0v) is 27.3. The summed E-state index contributed by atoms with van der Waals surface area (Å²) in [6, 6.07) is 11.5. The second-order valence-electron chi connectivity index (χ2n) is 12.3. The molecule has 5 N–H and O–H groups in total. The lowest BCUT2D eigenvalue weighted by molar-refractivity contribution is 0.243. The molecule has 1 aliphatic heterocycles. The highest BCUT2D eigenvalue weighted by atomic mass is 32.2. The van der Waals surface area contributed by atoms with E-state index in [0.717, 1.165) is 67.1 Å². The summed E-state index contributed by atoms with van der Waals surface area (Å²) in [5.41, 5.74) is 7.48. The zero-order chi connectivity index (χ0) is 31.7. The molecule has 1 saturated heterocycles. The van der Waals surface area contributed by atoms with E-state index in [1.807, 2.05) is 20.8 Å². The van der Waals surface area contributed by atoms with E-state index in [4.69, 9.17) is 14.8 Å². The third kappa shape index (κ3) is 6.54. The second kappa shape index (κ2) is 12.8. The van der Waals surface area contributed by atoms with Crippen LogP contribution in [0.1, 0.15) is 62.9 Å². The lowest BCUT2D eigenvalue weighted by atomic mass is 10.1. The summed E-state index contributed by atoms with van der Waals surface area (Å²) in [6.07, 6.45) is 4.71. The Morgan fingerprint density at radius 3 is 2.58 bits per heavy atom. The van der Waals surface area contributed by atoms with Crippen LogP contribution in [0.3, 0.4) is 0 Å². The summed E-state index contributed by atoms with van der Waals surface area (Å²) in [7, 11) is -3.51. The number of H-pyrrole nitrogens is 1. The third-order valence-corrected chi connectivity index (χ3v) is 10.5. The summed E-state index contributed by atoms with van der Waals surface area (Å²) in [5, 5.41) is 21.2. The highest BCUT2D eigenvalue weighted by Crippen LogP contribution is 2.43.